The van der Waals surface area contributed by atoms with Crippen molar-refractivity contribution in [3.63, 3.8) is 0 Å². The van der Waals surface area contributed by atoms with Gasteiger partial charge in [-0.1, -0.05) is 0 Å². The molecule has 0 spiro atoms. The van der Waals surface area contributed by atoms with Crippen molar-refractivity contribution in [1.29, 1.82) is 0 Å². The van der Waals surface area contributed by atoms with Gasteiger partial charge in [0.05, 0.1) is 6.26 Å². The number of hydrogen-bond donors (Lipinski definition) is 1. The molecule has 24 heavy (non-hydrogen) atoms. The van der Waals surface area contributed by atoms with Gasteiger partial charge in [-0.25, -0.2) is 9.97 Å². The number of rotatable bonds is 6. The van der Waals surface area contributed by atoms with Crippen LogP contribution in [0.15, 0.2) is 41.3 Å². The fraction of sp³-hybridized carbons (Fsp3) is 0.500. The number of aromatic nitrogens is 2. The van der Waals surface area contributed by atoms with Gasteiger partial charge in [0, 0.05) is 43.9 Å². The Kier molecular flexibility index (Phi) is 5.46. The molecule has 1 atom stereocenters. The van der Waals surface area contributed by atoms with Crippen LogP contribution in [0.2, 0.25) is 0 Å². The van der Waals surface area contributed by atoms with Crippen molar-refractivity contribution in [2.75, 3.05) is 18.0 Å². The number of anilines is 1. The molecular weight excluding hydrogens is 304 g/mol. The van der Waals surface area contributed by atoms with E-state index in [1.807, 2.05) is 25.1 Å². The molecular formula is C18H24N4O2. The molecule has 6 heteroatoms. The lowest BCUT2D eigenvalue weighted by Crippen LogP contribution is -2.43. The largest absolute Gasteiger partial charge is 0.469 e. The standard InChI is InChI=1S/C18H24N4O2/c1-14(5-6-16-4-2-13-24-16)21-17(23)15-7-11-22(12-8-15)18-19-9-3-10-20-18/h2-4,9-10,13-15H,5-8,11-12H2,1H3,(H,21,23)/t14-/m0/s1. The number of furan rings is 1. The molecule has 1 aliphatic rings. The number of amides is 1. The summed E-state index contributed by atoms with van der Waals surface area (Å²) in [5.74, 6) is 1.96. The van der Waals surface area contributed by atoms with Crippen molar-refractivity contribution in [3.8, 4) is 0 Å². The first-order valence-corrected chi connectivity index (χ1v) is 8.57. The van der Waals surface area contributed by atoms with E-state index in [1.54, 1.807) is 18.7 Å². The van der Waals surface area contributed by atoms with Crippen LogP contribution >= 0.6 is 0 Å². The highest BCUT2D eigenvalue weighted by molar-refractivity contribution is 5.79. The maximum atomic E-state index is 12.4. The second-order valence-electron chi connectivity index (χ2n) is 6.34. The van der Waals surface area contributed by atoms with Gasteiger partial charge in [0.25, 0.3) is 0 Å². The molecule has 0 aliphatic carbocycles. The molecule has 1 saturated heterocycles. The van der Waals surface area contributed by atoms with Crippen molar-refractivity contribution in [1.82, 2.24) is 15.3 Å². The number of nitrogens with zero attached hydrogens (tertiary/aromatic N) is 3. The fourth-order valence-corrected chi connectivity index (χ4v) is 3.04. The number of aryl methyl sites for hydroxylation is 1. The molecule has 2 aromatic heterocycles. The summed E-state index contributed by atoms with van der Waals surface area (Å²) < 4.78 is 5.33. The molecule has 6 nitrogen and oxygen atoms in total. The molecule has 0 unspecified atom stereocenters. The third kappa shape index (κ3) is 4.34. The predicted octanol–water partition coefficient (Wildman–Crippen LogP) is 2.42. The zero-order chi connectivity index (χ0) is 16.8. The van der Waals surface area contributed by atoms with Crippen LogP contribution in [-0.2, 0) is 11.2 Å². The first-order chi connectivity index (χ1) is 11.7. The van der Waals surface area contributed by atoms with Crippen LogP contribution in [0, 0.1) is 5.92 Å². The van der Waals surface area contributed by atoms with Crippen LogP contribution < -0.4 is 10.2 Å². The number of piperidine rings is 1. The molecule has 0 bridgehead atoms. The first kappa shape index (κ1) is 16.5. The van der Waals surface area contributed by atoms with E-state index in [0.717, 1.165) is 50.5 Å². The minimum absolute atomic E-state index is 0.0797. The number of nitrogens with one attached hydrogen (secondary N) is 1. The number of carbonyl (C=O) groups is 1. The monoisotopic (exact) mass is 328 g/mol. The minimum atomic E-state index is 0.0797. The van der Waals surface area contributed by atoms with E-state index in [0.29, 0.717) is 0 Å². The summed E-state index contributed by atoms with van der Waals surface area (Å²) in [7, 11) is 0. The SMILES string of the molecule is C[C@@H](CCc1ccco1)NC(=O)C1CCN(c2ncccn2)CC1. The normalized spacial score (nSPS) is 16.8. The van der Waals surface area contributed by atoms with Crippen LogP contribution in [0.4, 0.5) is 5.95 Å². The van der Waals surface area contributed by atoms with E-state index in [-0.39, 0.29) is 17.9 Å². The van der Waals surface area contributed by atoms with Crippen molar-refractivity contribution in [3.05, 3.63) is 42.6 Å². The van der Waals surface area contributed by atoms with Crippen molar-refractivity contribution < 1.29 is 9.21 Å². The molecule has 1 N–H and O–H groups in total. The Labute approximate surface area is 142 Å². The highest BCUT2D eigenvalue weighted by Crippen LogP contribution is 2.20. The van der Waals surface area contributed by atoms with Crippen molar-refractivity contribution in [2.24, 2.45) is 5.92 Å². The van der Waals surface area contributed by atoms with Gasteiger partial charge in [0.1, 0.15) is 5.76 Å². The maximum absolute atomic E-state index is 12.4. The molecule has 0 saturated carbocycles. The molecule has 1 amide bonds. The summed E-state index contributed by atoms with van der Waals surface area (Å²) in [5, 5.41) is 3.14. The summed E-state index contributed by atoms with van der Waals surface area (Å²) in [6.45, 7) is 3.69. The van der Waals surface area contributed by atoms with Crippen molar-refractivity contribution >= 4 is 11.9 Å². The van der Waals surface area contributed by atoms with Crippen molar-refractivity contribution in [2.45, 2.75) is 38.6 Å². The highest BCUT2D eigenvalue weighted by atomic mass is 16.3. The average Bonchev–Trinajstić information content (AvgIpc) is 3.14. The molecule has 0 radical (unpaired) electrons. The Morgan fingerprint density at radius 1 is 1.33 bits per heavy atom. The second kappa shape index (κ2) is 7.95. The number of carbonyl (C=O) groups excluding carboxylic acids is 1. The van der Waals surface area contributed by atoms with Crippen LogP contribution in [0.25, 0.3) is 0 Å². The number of hydrogen-bond acceptors (Lipinski definition) is 5. The molecule has 0 aromatic carbocycles. The minimum Gasteiger partial charge on any atom is -0.469 e. The Morgan fingerprint density at radius 2 is 2.08 bits per heavy atom. The summed E-state index contributed by atoms with van der Waals surface area (Å²) in [6.07, 6.45) is 8.60. The van der Waals surface area contributed by atoms with E-state index in [4.69, 9.17) is 4.42 Å². The van der Waals surface area contributed by atoms with E-state index in [9.17, 15) is 4.79 Å². The van der Waals surface area contributed by atoms with Gasteiger partial charge in [0.2, 0.25) is 11.9 Å². The zero-order valence-corrected chi connectivity index (χ0v) is 14.0. The van der Waals surface area contributed by atoms with Crippen LogP contribution in [-0.4, -0.2) is 35.0 Å². The Hall–Kier alpha value is -2.37. The molecule has 3 heterocycles. The van der Waals surface area contributed by atoms with E-state index >= 15 is 0 Å². The molecule has 2 aromatic rings. The Bertz CT molecular complexity index is 622. The topological polar surface area (TPSA) is 71.3 Å². The molecule has 1 aliphatic heterocycles. The second-order valence-corrected chi connectivity index (χ2v) is 6.34. The third-order valence-electron chi connectivity index (χ3n) is 4.49. The van der Waals surface area contributed by atoms with Gasteiger partial charge in [-0.05, 0) is 44.4 Å². The van der Waals surface area contributed by atoms with Gasteiger partial charge in [-0.3, -0.25) is 4.79 Å². The molecule has 1 fully saturated rings. The predicted molar refractivity (Wildman–Crippen MR) is 91.6 cm³/mol. The smallest absolute Gasteiger partial charge is 0.225 e. The zero-order valence-electron chi connectivity index (χ0n) is 14.0. The van der Waals surface area contributed by atoms with Gasteiger partial charge >= 0.3 is 0 Å². The van der Waals surface area contributed by atoms with Crippen LogP contribution in [0.1, 0.15) is 31.9 Å². The lowest BCUT2D eigenvalue weighted by atomic mass is 9.95. The van der Waals surface area contributed by atoms with E-state index in [2.05, 4.69) is 20.2 Å². The Morgan fingerprint density at radius 3 is 2.75 bits per heavy atom. The lowest BCUT2D eigenvalue weighted by molar-refractivity contribution is -0.126. The highest BCUT2D eigenvalue weighted by Gasteiger charge is 2.26. The summed E-state index contributed by atoms with van der Waals surface area (Å²) in [5.41, 5.74) is 0. The van der Waals surface area contributed by atoms with Crippen LogP contribution in [0.5, 0.6) is 0 Å². The Balaban J connectivity index is 1.41. The third-order valence-corrected chi connectivity index (χ3v) is 4.49. The van der Waals surface area contributed by atoms with E-state index < -0.39 is 0 Å². The quantitative estimate of drug-likeness (QED) is 0.882. The summed E-state index contributed by atoms with van der Waals surface area (Å²) in [4.78, 5) is 23.1. The van der Waals surface area contributed by atoms with Gasteiger partial charge in [0.15, 0.2) is 0 Å². The van der Waals surface area contributed by atoms with Gasteiger partial charge in [-0.2, -0.15) is 0 Å². The summed E-state index contributed by atoms with van der Waals surface area (Å²) >= 11 is 0. The van der Waals surface area contributed by atoms with Gasteiger partial charge in [-0.15, -0.1) is 0 Å². The van der Waals surface area contributed by atoms with E-state index in [1.165, 1.54) is 0 Å². The maximum Gasteiger partial charge on any atom is 0.225 e. The van der Waals surface area contributed by atoms with Crippen LogP contribution in [0.3, 0.4) is 0 Å². The average molecular weight is 328 g/mol. The molecule has 3 rings (SSSR count). The first-order valence-electron chi connectivity index (χ1n) is 8.57. The molecule has 128 valence electrons. The fourth-order valence-electron chi connectivity index (χ4n) is 3.04. The van der Waals surface area contributed by atoms with Gasteiger partial charge < -0.3 is 14.6 Å². The lowest BCUT2D eigenvalue weighted by Gasteiger charge is -2.31. The summed E-state index contributed by atoms with van der Waals surface area (Å²) in [6, 6.07) is 5.82.